The van der Waals surface area contributed by atoms with Crippen molar-refractivity contribution < 1.29 is 62.1 Å². The smallest absolute Gasteiger partial charge is 0.246 e. The topological polar surface area (TPSA) is 368 Å². The fourth-order valence-corrected chi connectivity index (χ4v) is 21.7. The Morgan fingerprint density at radius 3 is 1.20 bits per heavy atom. The van der Waals surface area contributed by atoms with Crippen molar-refractivity contribution in [3.63, 3.8) is 0 Å². The number of carbonyl (C=O) groups excluding carboxylic acids is 8. The van der Waals surface area contributed by atoms with E-state index in [1.54, 1.807) is 95.5 Å². The Morgan fingerprint density at radius 2 is 0.831 bits per heavy atom. The molecule has 28 nitrogen and oxygen atoms in total. The highest BCUT2D eigenvalue weighted by atomic mass is 32.1. The summed E-state index contributed by atoms with van der Waals surface area (Å²) >= 11 is 6.48. The van der Waals surface area contributed by atoms with Gasteiger partial charge >= 0.3 is 0 Å². The molecule has 4 saturated heterocycles. The van der Waals surface area contributed by atoms with E-state index in [0.29, 0.717) is 74.0 Å². The number of hydrogen-bond acceptors (Lipinski definition) is 25. The molecule has 0 bridgehead atoms. The maximum absolute atomic E-state index is 13.6. The first-order chi connectivity index (χ1) is 64.6. The lowest BCUT2D eigenvalue weighted by Gasteiger charge is -2.36. The van der Waals surface area contributed by atoms with Crippen LogP contribution < -0.4 is 21.3 Å². The number of aryl methyl sites for hydroxylation is 5. The number of aliphatic hydroxyl groups excluding tert-OH is 2. The van der Waals surface area contributed by atoms with Gasteiger partial charge in [-0.25, -0.2) is 19.9 Å². The van der Waals surface area contributed by atoms with Gasteiger partial charge in [-0.1, -0.05) is 202 Å². The highest BCUT2D eigenvalue weighted by Gasteiger charge is 2.48. The van der Waals surface area contributed by atoms with Crippen LogP contribution in [0.3, 0.4) is 0 Å². The molecule has 0 saturated carbocycles. The van der Waals surface area contributed by atoms with Gasteiger partial charge in [0.2, 0.25) is 41.4 Å². The zero-order chi connectivity index (χ0) is 98.4. The molecule has 15 rings (SSSR count). The van der Waals surface area contributed by atoms with Crippen molar-refractivity contribution in [2.75, 3.05) is 26.2 Å². The van der Waals surface area contributed by atoms with Gasteiger partial charge in [-0.15, -0.1) is 45.3 Å². The Morgan fingerprint density at radius 1 is 0.456 bits per heavy atom. The molecule has 6 N–H and O–H groups in total. The van der Waals surface area contributed by atoms with E-state index < -0.39 is 59.5 Å². The number of benzene rings is 4. The molecule has 0 radical (unpaired) electrons. The molecule has 7 aromatic heterocycles. The molecule has 32 heteroatoms. The number of thiazole rings is 4. The number of aromatic nitrogens is 7. The van der Waals surface area contributed by atoms with Crippen LogP contribution in [0.15, 0.2) is 176 Å². The highest BCUT2D eigenvalue weighted by Crippen LogP contribution is 2.40. The van der Waals surface area contributed by atoms with Gasteiger partial charge in [-0.3, -0.25) is 38.4 Å². The van der Waals surface area contributed by atoms with Crippen LogP contribution in [0.2, 0.25) is 0 Å². The lowest BCUT2D eigenvalue weighted by molar-refractivity contribution is -0.141. The molecule has 15 atom stereocenters. The van der Waals surface area contributed by atoms with Gasteiger partial charge in [0.25, 0.3) is 0 Å². The molecular weight excluding hydrogens is 1800 g/mol. The summed E-state index contributed by atoms with van der Waals surface area (Å²) in [5.74, 6) is -0.399. The molecule has 0 aliphatic carbocycles. The number of likely N-dealkylation sites (tertiary alicyclic amines) is 4. The van der Waals surface area contributed by atoms with E-state index in [4.69, 9.17) is 13.6 Å². The van der Waals surface area contributed by atoms with Gasteiger partial charge in [0.1, 0.15) is 53.2 Å². The van der Waals surface area contributed by atoms with E-state index in [-0.39, 0.29) is 120 Å². The van der Waals surface area contributed by atoms with Crippen molar-refractivity contribution in [1.29, 1.82) is 0 Å². The third kappa shape index (κ3) is 25.4. The van der Waals surface area contributed by atoms with Crippen molar-refractivity contribution in [3.8, 4) is 41.8 Å². The van der Waals surface area contributed by atoms with E-state index in [9.17, 15) is 48.6 Å². The van der Waals surface area contributed by atoms with E-state index in [1.807, 2.05) is 164 Å². The zero-order valence-corrected chi connectivity index (χ0v) is 84.8. The zero-order valence-electron chi connectivity index (χ0n) is 81.5. The normalized spacial score (nSPS) is 19.7. The van der Waals surface area contributed by atoms with Gasteiger partial charge in [-0.05, 0) is 147 Å². The standard InChI is InChI=1S/C27H33N3O4S.C26H32N4O3S.C26H36N4O3S.C25H30N4O3S/c1-15(2)25(24-11-17(4)29-34-24)27(33)30-13-21(31)12-22(30)23(32)10-16(3)19-6-8-20(9-7-19)26-18(5)28-14-35-26;1-15(2)23(22-10-11-28-33-22)26(32)30-13-16(3)12-21(30)25(31)29-17(4)19-6-8-20(9-7-19)24-18(5)27-14-34-24;1-15(19-8-10-20(11-9-19)23-17(3)27-14-34-23)28-16(2)22-12-21(32)13-30(22)25(33)24(26(5,6)7)29-18(4)31;1-15(2)22(21-9-10-28-32-21)25(31)29-13-16(3)11-20(29)24(30)26-12-18-5-7-19(8-6-18)23-17(4)27-14-33-23/h6-9,11,14-16,21-22,25,31H,10,12-13H2,1-5H3;6-11,14-17,21,23H,12-13H2,1-5H3,(H,29,31);8-11,14-15,21-22,24,28,32H,2,12-13H2,1,3-7H3,(H,29,31);5-10,14-16,20,22H,11-13H2,1-4H3,(H,26,30)/t16-,21-,22+,25?;16-,17+,21+,23-;15-,21+,22-,24+;16-,20+,22?/m1101/s1. The Labute approximate surface area is 813 Å². The minimum Gasteiger partial charge on any atom is -0.391 e. The molecule has 4 aliphatic rings. The van der Waals surface area contributed by atoms with Gasteiger partial charge in [-0.2, -0.15) is 0 Å². The lowest BCUT2D eigenvalue weighted by Crippen LogP contribution is -2.56. The average molecular weight is 1930 g/mol. The molecule has 2 unspecified atom stereocenters. The maximum Gasteiger partial charge on any atom is 0.246 e. The number of aliphatic hydroxyl groups is 2. The fraction of sp³-hybridized carbons (Fsp3) is 0.471. The Kier molecular flexibility index (Phi) is 35.0. The van der Waals surface area contributed by atoms with Crippen molar-refractivity contribution in [3.05, 3.63) is 230 Å². The number of Topliss-reactive ketones (excluding diaryl/α,β-unsaturated/α-hetero) is 1. The van der Waals surface area contributed by atoms with Gasteiger partial charge in [0.05, 0.1) is 113 Å². The van der Waals surface area contributed by atoms with Gasteiger partial charge in [0, 0.05) is 88.8 Å². The first-order valence-corrected chi connectivity index (χ1v) is 50.3. The van der Waals surface area contributed by atoms with E-state index >= 15 is 0 Å². The molecule has 4 aliphatic heterocycles. The number of ketones is 1. The second kappa shape index (κ2) is 46.1. The van der Waals surface area contributed by atoms with Crippen LogP contribution in [0.4, 0.5) is 0 Å². The molecule has 11 aromatic rings. The number of β-amino-alcohol motifs (C(OH)–C–C–N with tert-alkyl or cyclic N) is 2. The third-order valence-electron chi connectivity index (χ3n) is 25.9. The highest BCUT2D eigenvalue weighted by molar-refractivity contribution is 7.14. The SMILES string of the molecule is C=C(N[C@@H](C)c1ccc(-c2scnc2C)cc1)[C@@H]1C[C@@H](O)CN1C(=O)[C@@H](NC(C)=O)C(C)(C)C.Cc1cc(C(C(=O)N2C[C@H](O)C[C@H]2C(=O)C[C@@H](C)c2ccc(-c3scnc3C)cc2)C(C)C)on1.Cc1ncsc1-c1ccc(CNC(=O)[C@@H]2C[C@@H](C)CN2C(=O)C(c2ccno2)C(C)C)cc1.Cc1ncsc1-c1ccc([C@H](C)NC(=O)[C@@H]2C[C@@H](C)CN2C(=O)[C@@H](c2ccno2)C(C)C)cc1. The molecule has 7 amide bonds. The summed E-state index contributed by atoms with van der Waals surface area (Å²) in [6, 6.07) is 35.3. The summed E-state index contributed by atoms with van der Waals surface area (Å²) in [5.41, 5.74) is 21.1. The van der Waals surface area contributed by atoms with Crippen LogP contribution in [-0.4, -0.2) is 181 Å². The number of nitrogens with zero attached hydrogens (tertiary/aromatic N) is 11. The Balaban J connectivity index is 0.000000163. The molecule has 11 heterocycles. The third-order valence-corrected chi connectivity index (χ3v) is 29.8. The number of carbonyl (C=O) groups is 8. The van der Waals surface area contributed by atoms with E-state index in [1.165, 1.54) is 11.8 Å². The average Bonchev–Trinajstić information content (AvgIpc) is 1.65. The number of hydrogen-bond donors (Lipinski definition) is 6. The minimum absolute atomic E-state index is 0.00776. The molecule has 4 fully saturated rings. The predicted octanol–water partition coefficient (Wildman–Crippen LogP) is 18.0. The maximum atomic E-state index is 13.6. The summed E-state index contributed by atoms with van der Waals surface area (Å²) in [6.07, 6.45) is 4.03. The number of amides is 7. The summed E-state index contributed by atoms with van der Waals surface area (Å²) in [6.45, 7) is 45.1. The first kappa shape index (κ1) is 103. The molecular formula is C104H131N15O13S4. The van der Waals surface area contributed by atoms with Crippen molar-refractivity contribution in [2.45, 2.75) is 255 Å². The minimum atomic E-state index is -0.714. The second-order valence-electron chi connectivity index (χ2n) is 38.9. The number of rotatable bonds is 29. The fourth-order valence-electron chi connectivity index (χ4n) is 18.5. The van der Waals surface area contributed by atoms with E-state index in [2.05, 4.69) is 150 Å². The van der Waals surface area contributed by atoms with Crippen LogP contribution in [0.1, 0.15) is 240 Å². The van der Waals surface area contributed by atoms with Gasteiger partial charge < -0.3 is 64.6 Å². The van der Waals surface area contributed by atoms with E-state index in [0.717, 1.165) is 81.9 Å². The van der Waals surface area contributed by atoms with Crippen LogP contribution in [0.25, 0.3) is 41.8 Å². The van der Waals surface area contributed by atoms with Gasteiger partial charge in [0.15, 0.2) is 5.78 Å². The first-order valence-electron chi connectivity index (χ1n) is 46.8. The van der Waals surface area contributed by atoms with Crippen molar-refractivity contribution in [2.24, 2.45) is 35.0 Å². The molecule has 4 aromatic carbocycles. The predicted molar refractivity (Wildman–Crippen MR) is 531 cm³/mol. The van der Waals surface area contributed by atoms with Crippen LogP contribution >= 0.6 is 45.3 Å². The largest absolute Gasteiger partial charge is 0.391 e. The van der Waals surface area contributed by atoms with Crippen LogP contribution in [0, 0.1) is 69.6 Å². The summed E-state index contributed by atoms with van der Waals surface area (Å²) in [5, 5.41) is 44.6. The Hall–Kier alpha value is -11.6. The molecule has 136 heavy (non-hydrogen) atoms. The van der Waals surface area contributed by atoms with Crippen molar-refractivity contribution >= 4 is 92.5 Å². The molecule has 724 valence electrons. The number of nitrogens with one attached hydrogen (secondary N) is 4. The quantitative estimate of drug-likeness (QED) is 0.0254. The second-order valence-corrected chi connectivity index (χ2v) is 42.3. The lowest BCUT2D eigenvalue weighted by atomic mass is 9.85. The Bertz CT molecular complexity index is 5860. The monoisotopic (exact) mass is 1930 g/mol. The van der Waals surface area contributed by atoms with Crippen LogP contribution in [-0.2, 0) is 44.9 Å². The summed E-state index contributed by atoms with van der Waals surface area (Å²) in [4.78, 5) is 134. The molecule has 0 spiro atoms. The van der Waals surface area contributed by atoms with Crippen LogP contribution in [0.5, 0.6) is 0 Å². The summed E-state index contributed by atoms with van der Waals surface area (Å²) < 4.78 is 16.0. The van der Waals surface area contributed by atoms with Crippen molar-refractivity contribution in [1.82, 2.24) is 76.3 Å². The summed E-state index contributed by atoms with van der Waals surface area (Å²) in [7, 11) is 0.